The van der Waals surface area contributed by atoms with Crippen LogP contribution in [0.4, 0.5) is 10.5 Å². The summed E-state index contributed by atoms with van der Waals surface area (Å²) < 4.78 is 7.42. The highest BCUT2D eigenvalue weighted by Crippen LogP contribution is 2.40. The molecule has 6 nitrogen and oxygen atoms in total. The number of aromatic nitrogens is 1. The molecule has 3 heterocycles. The van der Waals surface area contributed by atoms with E-state index in [1.807, 2.05) is 35.6 Å². The molecule has 33 heavy (non-hydrogen) atoms. The van der Waals surface area contributed by atoms with E-state index in [1.54, 1.807) is 7.11 Å². The lowest BCUT2D eigenvalue weighted by molar-refractivity contribution is 0.247. The van der Waals surface area contributed by atoms with Gasteiger partial charge in [-0.3, -0.25) is 0 Å². The zero-order valence-corrected chi connectivity index (χ0v) is 20.7. The summed E-state index contributed by atoms with van der Waals surface area (Å²) in [5.41, 5.74) is 3.45. The number of hydrogen-bond acceptors (Lipinski definition) is 4. The maximum atomic E-state index is 13.1. The number of carbonyl (C=O) groups is 1. The number of nitrogens with one attached hydrogen (secondary N) is 2. The lowest BCUT2D eigenvalue weighted by atomic mass is 9.92. The summed E-state index contributed by atoms with van der Waals surface area (Å²) in [6.45, 7) is 6.47. The number of carbonyl (C=O) groups excluding carboxylic acids is 1. The van der Waals surface area contributed by atoms with Crippen LogP contribution in [0.1, 0.15) is 48.7 Å². The number of methoxy groups -OCH3 is 1. The van der Waals surface area contributed by atoms with Gasteiger partial charge in [-0.2, -0.15) is 0 Å². The largest absolute Gasteiger partial charge is 0.497 e. The van der Waals surface area contributed by atoms with Crippen molar-refractivity contribution < 1.29 is 9.53 Å². The number of anilines is 1. The minimum Gasteiger partial charge on any atom is -0.497 e. The summed E-state index contributed by atoms with van der Waals surface area (Å²) >= 11 is 1.86. The van der Waals surface area contributed by atoms with E-state index in [0.717, 1.165) is 43.8 Å². The van der Waals surface area contributed by atoms with E-state index in [-0.39, 0.29) is 12.1 Å². The van der Waals surface area contributed by atoms with Crippen LogP contribution in [0.25, 0.3) is 5.00 Å². The van der Waals surface area contributed by atoms with E-state index >= 15 is 0 Å². The molecule has 176 valence electrons. The lowest BCUT2D eigenvalue weighted by Gasteiger charge is -2.26. The Labute approximate surface area is 200 Å². The first-order valence-electron chi connectivity index (χ1n) is 11.6. The molecule has 2 amide bonds. The molecular formula is C26H34N4O2S. The Hall–Kier alpha value is -2.77. The maximum absolute atomic E-state index is 13.1. The van der Waals surface area contributed by atoms with E-state index in [4.69, 9.17) is 4.74 Å². The van der Waals surface area contributed by atoms with Crippen LogP contribution >= 0.6 is 11.3 Å². The number of fused-ring (bicyclic) bond motifs is 1. The van der Waals surface area contributed by atoms with Gasteiger partial charge in [0, 0.05) is 41.6 Å². The molecule has 2 aromatic heterocycles. The zero-order valence-electron chi connectivity index (χ0n) is 19.9. The van der Waals surface area contributed by atoms with E-state index in [2.05, 4.69) is 65.5 Å². The lowest BCUT2D eigenvalue weighted by Crippen LogP contribution is -2.34. The van der Waals surface area contributed by atoms with Crippen LogP contribution < -0.4 is 15.4 Å². The van der Waals surface area contributed by atoms with Gasteiger partial charge in [0.2, 0.25) is 0 Å². The Morgan fingerprint density at radius 1 is 1.15 bits per heavy atom. The summed E-state index contributed by atoms with van der Waals surface area (Å²) in [6, 6.07) is 11.3. The minimum absolute atomic E-state index is 0.0496. The van der Waals surface area contributed by atoms with E-state index in [0.29, 0.717) is 5.92 Å². The molecule has 2 N–H and O–H groups in total. The summed E-state index contributed by atoms with van der Waals surface area (Å²) in [4.78, 5) is 16.9. The van der Waals surface area contributed by atoms with E-state index in [1.165, 1.54) is 21.0 Å². The minimum atomic E-state index is -0.180. The van der Waals surface area contributed by atoms with Gasteiger partial charge in [0.05, 0.1) is 13.2 Å². The van der Waals surface area contributed by atoms with Crippen LogP contribution in [-0.2, 0) is 13.0 Å². The second-order valence-corrected chi connectivity index (χ2v) is 10.2. The third-order valence-electron chi connectivity index (χ3n) is 6.14. The number of hydrogen-bond donors (Lipinski definition) is 2. The SMILES string of the molecule is COc1ccc(NC(=O)NC(CCC(C)C)c2c(-n3cccc3)sc3c2CCN(C)C3)cc1. The number of urea groups is 1. The molecule has 0 bridgehead atoms. The molecule has 1 unspecified atom stereocenters. The summed E-state index contributed by atoms with van der Waals surface area (Å²) in [5, 5.41) is 7.53. The third-order valence-corrected chi connectivity index (χ3v) is 7.39. The van der Waals surface area contributed by atoms with E-state index < -0.39 is 0 Å². The fraction of sp³-hybridized carbons (Fsp3) is 0.423. The first-order valence-corrected chi connectivity index (χ1v) is 12.4. The molecule has 0 fully saturated rings. The molecule has 1 atom stereocenters. The summed E-state index contributed by atoms with van der Waals surface area (Å²) in [6.07, 6.45) is 7.16. The average molecular weight is 467 g/mol. The molecule has 1 aliphatic heterocycles. The van der Waals surface area contributed by atoms with Crippen molar-refractivity contribution in [1.29, 1.82) is 0 Å². The summed E-state index contributed by atoms with van der Waals surface area (Å²) in [7, 11) is 3.81. The molecule has 0 spiro atoms. The third kappa shape index (κ3) is 5.60. The van der Waals surface area contributed by atoms with Gasteiger partial charge < -0.3 is 24.8 Å². The predicted molar refractivity (Wildman–Crippen MR) is 136 cm³/mol. The number of amides is 2. The Morgan fingerprint density at radius 3 is 2.55 bits per heavy atom. The monoisotopic (exact) mass is 466 g/mol. The average Bonchev–Trinajstić information content (AvgIpc) is 3.44. The topological polar surface area (TPSA) is 58.5 Å². The highest BCUT2D eigenvalue weighted by molar-refractivity contribution is 7.15. The normalized spacial score (nSPS) is 14.7. The van der Waals surface area contributed by atoms with Crippen LogP contribution in [0.5, 0.6) is 5.75 Å². The van der Waals surface area contributed by atoms with Crippen molar-refractivity contribution in [2.45, 2.75) is 45.7 Å². The molecule has 1 aromatic carbocycles. The highest BCUT2D eigenvalue weighted by atomic mass is 32.1. The van der Waals surface area contributed by atoms with Gasteiger partial charge in [0.1, 0.15) is 10.8 Å². The smallest absolute Gasteiger partial charge is 0.319 e. The second-order valence-electron chi connectivity index (χ2n) is 9.15. The standard InChI is InChI=1S/C26H34N4O2S/c1-18(2)7-12-22(28-26(31)27-19-8-10-20(32-4)11-9-19)24-21-13-16-29(3)17-23(21)33-25(24)30-14-5-6-15-30/h5-6,8-11,14-15,18,22H,7,12-13,16-17H2,1-4H3,(H2,27,28,31). The van der Waals surface area contributed by atoms with Crippen molar-refractivity contribution in [3.63, 3.8) is 0 Å². The second kappa shape index (κ2) is 10.4. The van der Waals surface area contributed by atoms with Crippen molar-refractivity contribution in [3.05, 3.63) is 64.8 Å². The van der Waals surface area contributed by atoms with Crippen molar-refractivity contribution in [2.75, 3.05) is 26.0 Å². The fourth-order valence-electron chi connectivity index (χ4n) is 4.35. The van der Waals surface area contributed by atoms with Gasteiger partial charge in [0.25, 0.3) is 0 Å². The van der Waals surface area contributed by atoms with Crippen molar-refractivity contribution in [1.82, 2.24) is 14.8 Å². The van der Waals surface area contributed by atoms with Crippen LogP contribution in [0.15, 0.2) is 48.8 Å². The van der Waals surface area contributed by atoms with Gasteiger partial charge in [-0.25, -0.2) is 4.79 Å². The number of rotatable bonds is 8. The molecule has 0 aliphatic carbocycles. The van der Waals surface area contributed by atoms with E-state index in [9.17, 15) is 4.79 Å². The Morgan fingerprint density at radius 2 is 1.88 bits per heavy atom. The summed E-state index contributed by atoms with van der Waals surface area (Å²) in [5.74, 6) is 1.33. The Bertz CT molecular complexity index is 1060. The number of ether oxygens (including phenoxy) is 1. The molecule has 1 aliphatic rings. The zero-order chi connectivity index (χ0) is 23.4. The van der Waals surface area contributed by atoms with Crippen LogP contribution in [-0.4, -0.2) is 36.2 Å². The molecular weight excluding hydrogens is 432 g/mol. The van der Waals surface area contributed by atoms with Crippen LogP contribution in [0, 0.1) is 5.92 Å². The van der Waals surface area contributed by atoms with Crippen molar-refractivity contribution in [2.24, 2.45) is 5.92 Å². The molecule has 0 saturated carbocycles. The quantitative estimate of drug-likeness (QED) is 0.439. The van der Waals surface area contributed by atoms with Gasteiger partial charge in [-0.05, 0) is 74.2 Å². The Balaban J connectivity index is 1.64. The molecule has 4 rings (SSSR count). The number of likely N-dealkylation sites (N-methyl/N-ethyl adjacent to an activating group) is 1. The molecule has 0 saturated heterocycles. The molecule has 0 radical (unpaired) electrons. The first-order chi connectivity index (χ1) is 15.9. The molecule has 3 aromatic rings. The maximum Gasteiger partial charge on any atom is 0.319 e. The van der Waals surface area contributed by atoms with Gasteiger partial charge in [-0.1, -0.05) is 13.8 Å². The first kappa shape index (κ1) is 23.4. The number of nitrogens with zero attached hydrogens (tertiary/aromatic N) is 2. The predicted octanol–water partition coefficient (Wildman–Crippen LogP) is 5.83. The van der Waals surface area contributed by atoms with Crippen molar-refractivity contribution in [3.8, 4) is 10.8 Å². The van der Waals surface area contributed by atoms with Gasteiger partial charge in [-0.15, -0.1) is 11.3 Å². The number of benzene rings is 1. The Kier molecular flexibility index (Phi) is 7.40. The molecule has 7 heteroatoms. The fourth-order valence-corrected chi connectivity index (χ4v) is 5.81. The van der Waals surface area contributed by atoms with Crippen LogP contribution in [0.2, 0.25) is 0 Å². The van der Waals surface area contributed by atoms with Crippen molar-refractivity contribution >= 4 is 23.1 Å². The highest BCUT2D eigenvalue weighted by Gasteiger charge is 2.29. The van der Waals surface area contributed by atoms with Crippen LogP contribution in [0.3, 0.4) is 0 Å². The van der Waals surface area contributed by atoms with Gasteiger partial charge in [0.15, 0.2) is 0 Å². The number of thiophene rings is 1. The van der Waals surface area contributed by atoms with Gasteiger partial charge >= 0.3 is 6.03 Å².